The smallest absolute Gasteiger partial charge is 0.422 e. The second-order valence-corrected chi connectivity index (χ2v) is 2.78. The highest BCUT2D eigenvalue weighted by Gasteiger charge is 2.29. The van der Waals surface area contributed by atoms with Gasteiger partial charge in [-0.05, 0) is 6.92 Å². The lowest BCUT2D eigenvalue weighted by atomic mass is 10.6. The van der Waals surface area contributed by atoms with Gasteiger partial charge in [0.15, 0.2) is 6.61 Å². The zero-order valence-corrected chi connectivity index (χ0v) is 8.31. The van der Waals surface area contributed by atoms with E-state index in [1.54, 1.807) is 6.92 Å². The highest BCUT2D eigenvalue weighted by atomic mass is 19.4. The van der Waals surface area contributed by atoms with Gasteiger partial charge < -0.3 is 10.1 Å². The van der Waals surface area contributed by atoms with Gasteiger partial charge in [0.2, 0.25) is 11.8 Å². The SMILES string of the molecule is CCNc1ncc(F)c(OCC(F)(F)F)n1. The summed E-state index contributed by atoms with van der Waals surface area (Å²) >= 11 is 0. The quantitative estimate of drug-likeness (QED) is 0.816. The van der Waals surface area contributed by atoms with Crippen LogP contribution in [-0.4, -0.2) is 29.3 Å². The summed E-state index contributed by atoms with van der Waals surface area (Å²) in [6.07, 6.45) is -3.79. The fourth-order valence-corrected chi connectivity index (χ4v) is 0.846. The lowest BCUT2D eigenvalue weighted by Gasteiger charge is -2.09. The molecule has 1 rings (SSSR count). The predicted molar refractivity (Wildman–Crippen MR) is 47.7 cm³/mol. The van der Waals surface area contributed by atoms with Crippen molar-refractivity contribution in [3.05, 3.63) is 12.0 Å². The molecular weight excluding hydrogens is 230 g/mol. The van der Waals surface area contributed by atoms with Crippen LogP contribution in [0.4, 0.5) is 23.5 Å². The van der Waals surface area contributed by atoms with Crippen LogP contribution in [-0.2, 0) is 0 Å². The Morgan fingerprint density at radius 1 is 1.44 bits per heavy atom. The van der Waals surface area contributed by atoms with Crippen LogP contribution in [0.5, 0.6) is 5.88 Å². The first-order chi connectivity index (χ1) is 7.42. The third-order valence-corrected chi connectivity index (χ3v) is 1.42. The summed E-state index contributed by atoms with van der Waals surface area (Å²) in [4.78, 5) is 6.96. The molecule has 8 heteroatoms. The minimum atomic E-state index is -4.53. The molecule has 0 atom stereocenters. The van der Waals surface area contributed by atoms with Gasteiger partial charge in [0.05, 0.1) is 6.20 Å². The molecule has 0 aromatic carbocycles. The summed E-state index contributed by atoms with van der Waals surface area (Å²) in [5.74, 6) is -1.74. The third kappa shape index (κ3) is 3.87. The van der Waals surface area contributed by atoms with Crippen molar-refractivity contribution in [2.45, 2.75) is 13.1 Å². The van der Waals surface area contributed by atoms with Crippen LogP contribution in [0.25, 0.3) is 0 Å². The largest absolute Gasteiger partial charge is 0.466 e. The average molecular weight is 239 g/mol. The van der Waals surface area contributed by atoms with Crippen molar-refractivity contribution in [2.75, 3.05) is 18.5 Å². The topological polar surface area (TPSA) is 47.0 Å². The summed E-state index contributed by atoms with van der Waals surface area (Å²) in [5, 5.41) is 2.62. The lowest BCUT2D eigenvalue weighted by Crippen LogP contribution is -2.20. The molecule has 16 heavy (non-hydrogen) atoms. The van der Waals surface area contributed by atoms with Crippen LogP contribution < -0.4 is 10.1 Å². The molecule has 0 spiro atoms. The summed E-state index contributed by atoms with van der Waals surface area (Å²) in [7, 11) is 0. The molecule has 0 saturated heterocycles. The van der Waals surface area contributed by atoms with Gasteiger partial charge in [0.25, 0.3) is 5.88 Å². The fraction of sp³-hybridized carbons (Fsp3) is 0.500. The van der Waals surface area contributed by atoms with E-state index in [1.165, 1.54) is 0 Å². The van der Waals surface area contributed by atoms with Gasteiger partial charge in [-0.2, -0.15) is 22.5 Å². The molecule has 90 valence electrons. The fourth-order valence-electron chi connectivity index (χ4n) is 0.846. The first-order valence-corrected chi connectivity index (χ1v) is 4.38. The Morgan fingerprint density at radius 2 is 2.12 bits per heavy atom. The number of nitrogens with zero attached hydrogens (tertiary/aromatic N) is 2. The minimum absolute atomic E-state index is 0.0149. The molecule has 0 amide bonds. The number of halogens is 4. The second kappa shape index (κ2) is 4.95. The molecule has 0 unspecified atom stereocenters. The van der Waals surface area contributed by atoms with Gasteiger partial charge in [-0.3, -0.25) is 0 Å². The molecule has 4 nitrogen and oxygen atoms in total. The van der Waals surface area contributed by atoms with Crippen molar-refractivity contribution in [2.24, 2.45) is 0 Å². The standard InChI is InChI=1S/C8H9F4N3O/c1-2-13-7-14-3-5(9)6(15-7)16-4-8(10,11)12/h3H,2,4H2,1H3,(H,13,14,15). The van der Waals surface area contributed by atoms with E-state index >= 15 is 0 Å². The van der Waals surface area contributed by atoms with Crippen molar-refractivity contribution in [3.8, 4) is 5.88 Å². The van der Waals surface area contributed by atoms with Gasteiger partial charge in [-0.15, -0.1) is 0 Å². The van der Waals surface area contributed by atoms with Crippen molar-refractivity contribution in [3.63, 3.8) is 0 Å². The maximum absolute atomic E-state index is 12.9. The summed E-state index contributed by atoms with van der Waals surface area (Å²) in [5.41, 5.74) is 0. The molecular formula is C8H9F4N3O. The number of ether oxygens (including phenoxy) is 1. The van der Waals surface area contributed by atoms with Crippen LogP contribution in [0, 0.1) is 5.82 Å². The minimum Gasteiger partial charge on any atom is -0.466 e. The second-order valence-electron chi connectivity index (χ2n) is 2.78. The Balaban J connectivity index is 2.74. The normalized spacial score (nSPS) is 11.3. The average Bonchev–Trinajstić information content (AvgIpc) is 2.18. The Kier molecular flexibility index (Phi) is 3.86. The first kappa shape index (κ1) is 12.5. The number of rotatable bonds is 4. The van der Waals surface area contributed by atoms with E-state index in [0.29, 0.717) is 6.54 Å². The highest BCUT2D eigenvalue weighted by molar-refractivity contribution is 5.27. The van der Waals surface area contributed by atoms with E-state index in [0.717, 1.165) is 6.20 Å². The molecule has 1 N–H and O–H groups in total. The Labute approximate surface area is 88.7 Å². The molecule has 1 aromatic heterocycles. The van der Waals surface area contributed by atoms with Gasteiger partial charge in [-0.1, -0.05) is 0 Å². The van der Waals surface area contributed by atoms with E-state index < -0.39 is 24.5 Å². The summed E-state index contributed by atoms with van der Waals surface area (Å²) < 4.78 is 52.6. The predicted octanol–water partition coefficient (Wildman–Crippen LogP) is 1.99. The van der Waals surface area contributed by atoms with E-state index in [1.807, 2.05) is 0 Å². The van der Waals surface area contributed by atoms with Gasteiger partial charge in [0, 0.05) is 6.54 Å². The highest BCUT2D eigenvalue weighted by Crippen LogP contribution is 2.19. The van der Waals surface area contributed by atoms with E-state index in [-0.39, 0.29) is 5.95 Å². The summed E-state index contributed by atoms with van der Waals surface area (Å²) in [6, 6.07) is 0. The maximum atomic E-state index is 12.9. The van der Waals surface area contributed by atoms with E-state index in [4.69, 9.17) is 0 Å². The van der Waals surface area contributed by atoms with Gasteiger partial charge in [-0.25, -0.2) is 4.98 Å². The molecule has 1 aromatic rings. The van der Waals surface area contributed by atoms with Gasteiger partial charge >= 0.3 is 6.18 Å². The molecule has 0 fully saturated rings. The number of aromatic nitrogens is 2. The molecule has 0 aliphatic heterocycles. The molecule has 0 aliphatic rings. The molecule has 0 bridgehead atoms. The molecule has 1 heterocycles. The Morgan fingerprint density at radius 3 is 2.69 bits per heavy atom. The number of hydrogen-bond donors (Lipinski definition) is 1. The molecule has 0 aliphatic carbocycles. The number of nitrogens with one attached hydrogen (secondary N) is 1. The van der Waals surface area contributed by atoms with Crippen LogP contribution in [0.2, 0.25) is 0 Å². The number of anilines is 1. The monoisotopic (exact) mass is 239 g/mol. The summed E-state index contributed by atoms with van der Waals surface area (Å²) in [6.45, 7) is 0.611. The zero-order chi connectivity index (χ0) is 12.2. The van der Waals surface area contributed by atoms with Crippen LogP contribution >= 0.6 is 0 Å². The number of alkyl halides is 3. The van der Waals surface area contributed by atoms with Gasteiger partial charge in [0.1, 0.15) is 0 Å². The number of hydrogen-bond acceptors (Lipinski definition) is 4. The third-order valence-electron chi connectivity index (χ3n) is 1.42. The van der Waals surface area contributed by atoms with Crippen LogP contribution in [0.3, 0.4) is 0 Å². The molecule has 0 radical (unpaired) electrons. The van der Waals surface area contributed by atoms with E-state index in [2.05, 4.69) is 20.0 Å². The van der Waals surface area contributed by atoms with Crippen molar-refractivity contribution >= 4 is 5.95 Å². The van der Waals surface area contributed by atoms with Crippen LogP contribution in [0.15, 0.2) is 6.20 Å². The molecule has 0 saturated carbocycles. The van der Waals surface area contributed by atoms with Crippen LogP contribution in [0.1, 0.15) is 6.92 Å². The first-order valence-electron chi connectivity index (χ1n) is 4.38. The van der Waals surface area contributed by atoms with E-state index in [9.17, 15) is 17.6 Å². The zero-order valence-electron chi connectivity index (χ0n) is 8.31. The lowest BCUT2D eigenvalue weighted by molar-refractivity contribution is -0.154. The van der Waals surface area contributed by atoms with Crippen molar-refractivity contribution in [1.29, 1.82) is 0 Å². The van der Waals surface area contributed by atoms with Crippen molar-refractivity contribution < 1.29 is 22.3 Å². The van der Waals surface area contributed by atoms with Crippen molar-refractivity contribution in [1.82, 2.24) is 9.97 Å². The maximum Gasteiger partial charge on any atom is 0.422 e. The Bertz CT molecular complexity index is 356. The Hall–Kier alpha value is -1.60.